The molecule has 158 valence electrons. The summed E-state index contributed by atoms with van der Waals surface area (Å²) in [6.45, 7) is 2.24. The van der Waals surface area contributed by atoms with Gasteiger partial charge in [0.05, 0.1) is 29.2 Å². The Bertz CT molecular complexity index is 1320. The van der Waals surface area contributed by atoms with E-state index in [2.05, 4.69) is 20.3 Å². The SMILES string of the molecule is C[C@H]1c2nn(C)c(-c3cc(F)c(F)c(F)c3)c2CCN1C(=O)c1cnc2[nH]ncc2c1. The lowest BCUT2D eigenvalue weighted by molar-refractivity contribution is 0.0673. The van der Waals surface area contributed by atoms with E-state index in [0.717, 1.165) is 23.1 Å². The number of rotatable bonds is 2. The predicted octanol–water partition coefficient (Wildman–Crippen LogP) is 3.54. The molecule has 1 amide bonds. The van der Waals surface area contributed by atoms with Gasteiger partial charge in [0, 0.05) is 36.3 Å². The van der Waals surface area contributed by atoms with Gasteiger partial charge in [-0.2, -0.15) is 10.2 Å². The van der Waals surface area contributed by atoms with Gasteiger partial charge >= 0.3 is 0 Å². The van der Waals surface area contributed by atoms with E-state index in [1.54, 1.807) is 24.2 Å². The van der Waals surface area contributed by atoms with E-state index in [4.69, 9.17) is 0 Å². The van der Waals surface area contributed by atoms with Gasteiger partial charge in [-0.25, -0.2) is 18.2 Å². The molecule has 3 aromatic heterocycles. The molecule has 4 heterocycles. The van der Waals surface area contributed by atoms with Gasteiger partial charge < -0.3 is 4.90 Å². The van der Waals surface area contributed by atoms with Crippen molar-refractivity contribution in [2.75, 3.05) is 6.54 Å². The summed E-state index contributed by atoms with van der Waals surface area (Å²) in [5, 5.41) is 11.9. The fourth-order valence-electron chi connectivity index (χ4n) is 4.19. The molecule has 0 saturated carbocycles. The number of carbonyl (C=O) groups excluding carboxylic acids is 1. The first-order chi connectivity index (χ1) is 14.8. The number of aryl methyl sites for hydroxylation is 1. The Labute approximate surface area is 174 Å². The zero-order valence-corrected chi connectivity index (χ0v) is 16.7. The maximum absolute atomic E-state index is 13.8. The molecule has 10 heteroatoms. The Hall–Kier alpha value is -3.69. The van der Waals surface area contributed by atoms with Crippen LogP contribution in [0.5, 0.6) is 0 Å². The van der Waals surface area contributed by atoms with Gasteiger partial charge in [0.15, 0.2) is 23.1 Å². The predicted molar refractivity (Wildman–Crippen MR) is 106 cm³/mol. The lowest BCUT2D eigenvalue weighted by atomic mass is 9.95. The first-order valence-corrected chi connectivity index (χ1v) is 9.66. The molecule has 0 saturated heterocycles. The van der Waals surface area contributed by atoms with Crippen LogP contribution < -0.4 is 0 Å². The average molecular weight is 426 g/mol. The first kappa shape index (κ1) is 19.3. The smallest absolute Gasteiger partial charge is 0.256 e. The second-order valence-corrected chi connectivity index (χ2v) is 7.55. The van der Waals surface area contributed by atoms with Crippen molar-refractivity contribution < 1.29 is 18.0 Å². The monoisotopic (exact) mass is 426 g/mol. The Balaban J connectivity index is 1.51. The van der Waals surface area contributed by atoms with E-state index in [0.29, 0.717) is 35.6 Å². The number of pyridine rings is 1. The first-order valence-electron chi connectivity index (χ1n) is 9.66. The summed E-state index contributed by atoms with van der Waals surface area (Å²) in [5.41, 5.74) is 3.16. The number of benzene rings is 1. The number of halogens is 3. The van der Waals surface area contributed by atoms with Crippen molar-refractivity contribution in [1.82, 2.24) is 29.9 Å². The van der Waals surface area contributed by atoms with E-state index in [1.165, 1.54) is 10.9 Å². The topological polar surface area (TPSA) is 79.7 Å². The highest BCUT2D eigenvalue weighted by atomic mass is 19.2. The Morgan fingerprint density at radius 1 is 1.16 bits per heavy atom. The minimum Gasteiger partial charge on any atom is -0.330 e. The number of hydrogen-bond acceptors (Lipinski definition) is 4. The van der Waals surface area contributed by atoms with E-state index < -0.39 is 17.5 Å². The number of amides is 1. The molecule has 0 aliphatic carbocycles. The van der Waals surface area contributed by atoms with E-state index in [-0.39, 0.29) is 17.5 Å². The molecule has 1 aromatic carbocycles. The van der Waals surface area contributed by atoms with Crippen molar-refractivity contribution >= 4 is 16.9 Å². The molecule has 4 aromatic rings. The standard InChI is InChI=1S/C21H17F3N6O/c1-10-18-14(19(29(2)28-18)11-6-15(22)17(24)16(23)7-11)3-4-30(10)21(31)13-5-12-9-26-27-20(12)25-8-13/h5-10H,3-4H2,1-2H3,(H,25,26,27)/t10-/m0/s1. The molecular formula is C21H17F3N6O. The zero-order chi connectivity index (χ0) is 21.9. The fourth-order valence-corrected chi connectivity index (χ4v) is 4.19. The number of nitrogens with zero attached hydrogens (tertiary/aromatic N) is 5. The quantitative estimate of drug-likeness (QED) is 0.498. The van der Waals surface area contributed by atoms with Gasteiger partial charge in [0.2, 0.25) is 0 Å². The molecular weight excluding hydrogens is 409 g/mol. The highest BCUT2D eigenvalue weighted by Crippen LogP contribution is 2.36. The molecule has 7 nitrogen and oxygen atoms in total. The van der Waals surface area contributed by atoms with Crippen LogP contribution >= 0.6 is 0 Å². The van der Waals surface area contributed by atoms with E-state index >= 15 is 0 Å². The number of hydrogen-bond donors (Lipinski definition) is 1. The molecule has 1 aliphatic heterocycles. The number of aromatic nitrogens is 5. The highest BCUT2D eigenvalue weighted by molar-refractivity contribution is 5.97. The second-order valence-electron chi connectivity index (χ2n) is 7.55. The summed E-state index contributed by atoms with van der Waals surface area (Å²) in [6.07, 6.45) is 3.54. The third-order valence-electron chi connectivity index (χ3n) is 5.70. The fraction of sp³-hybridized carbons (Fsp3) is 0.238. The van der Waals surface area contributed by atoms with Crippen molar-refractivity contribution in [3.63, 3.8) is 0 Å². The van der Waals surface area contributed by atoms with Crippen LogP contribution in [0.15, 0.2) is 30.6 Å². The Morgan fingerprint density at radius 2 is 1.90 bits per heavy atom. The largest absolute Gasteiger partial charge is 0.330 e. The van der Waals surface area contributed by atoms with E-state index in [1.807, 2.05) is 6.92 Å². The third-order valence-corrected chi connectivity index (χ3v) is 5.70. The van der Waals surface area contributed by atoms with Gasteiger partial charge in [-0.3, -0.25) is 14.6 Å². The summed E-state index contributed by atoms with van der Waals surface area (Å²) >= 11 is 0. The summed E-state index contributed by atoms with van der Waals surface area (Å²) in [6, 6.07) is 3.28. The van der Waals surface area contributed by atoms with Crippen LogP contribution in [0.4, 0.5) is 13.2 Å². The number of H-pyrrole nitrogens is 1. The van der Waals surface area contributed by atoms with Crippen LogP contribution in [-0.2, 0) is 13.5 Å². The van der Waals surface area contributed by atoms with Crippen LogP contribution in [0.1, 0.15) is 34.6 Å². The molecule has 0 fully saturated rings. The maximum atomic E-state index is 13.8. The van der Waals surface area contributed by atoms with Crippen molar-refractivity contribution in [3.8, 4) is 11.3 Å². The lowest BCUT2D eigenvalue weighted by Gasteiger charge is -2.33. The summed E-state index contributed by atoms with van der Waals surface area (Å²) in [4.78, 5) is 19.1. The molecule has 0 radical (unpaired) electrons. The summed E-state index contributed by atoms with van der Waals surface area (Å²) in [5.74, 6) is -4.21. The van der Waals surface area contributed by atoms with Gasteiger partial charge in [-0.05, 0) is 31.5 Å². The zero-order valence-electron chi connectivity index (χ0n) is 16.7. The van der Waals surface area contributed by atoms with Crippen LogP contribution in [0.25, 0.3) is 22.3 Å². The molecule has 1 atom stereocenters. The van der Waals surface area contributed by atoms with Gasteiger partial charge in [-0.15, -0.1) is 0 Å². The summed E-state index contributed by atoms with van der Waals surface area (Å²) < 4.78 is 42.5. The van der Waals surface area contributed by atoms with Crippen molar-refractivity contribution in [2.24, 2.45) is 7.05 Å². The number of fused-ring (bicyclic) bond motifs is 2. The van der Waals surface area contributed by atoms with Gasteiger partial charge in [0.1, 0.15) is 0 Å². The molecule has 1 aliphatic rings. The number of aromatic amines is 1. The Morgan fingerprint density at radius 3 is 2.65 bits per heavy atom. The number of carbonyl (C=O) groups is 1. The van der Waals surface area contributed by atoms with Crippen LogP contribution in [0, 0.1) is 17.5 Å². The molecule has 1 N–H and O–H groups in total. The second kappa shape index (κ2) is 6.93. The Kier molecular flexibility index (Phi) is 4.31. The van der Waals surface area contributed by atoms with Crippen molar-refractivity contribution in [2.45, 2.75) is 19.4 Å². The molecule has 0 bridgehead atoms. The molecule has 0 unspecified atom stereocenters. The van der Waals surface area contributed by atoms with Crippen molar-refractivity contribution in [3.05, 3.63) is 64.9 Å². The molecule has 0 spiro atoms. The maximum Gasteiger partial charge on any atom is 0.256 e. The molecule has 31 heavy (non-hydrogen) atoms. The van der Waals surface area contributed by atoms with Gasteiger partial charge in [0.25, 0.3) is 5.91 Å². The highest BCUT2D eigenvalue weighted by Gasteiger charge is 2.34. The normalized spacial score (nSPS) is 16.0. The van der Waals surface area contributed by atoms with Gasteiger partial charge in [-0.1, -0.05) is 0 Å². The van der Waals surface area contributed by atoms with Crippen LogP contribution in [-0.4, -0.2) is 42.3 Å². The minimum absolute atomic E-state index is 0.195. The van der Waals surface area contributed by atoms with E-state index in [9.17, 15) is 18.0 Å². The van der Waals surface area contributed by atoms with Crippen molar-refractivity contribution in [1.29, 1.82) is 0 Å². The minimum atomic E-state index is -1.51. The summed E-state index contributed by atoms with van der Waals surface area (Å²) in [7, 11) is 1.66. The number of nitrogens with one attached hydrogen (secondary N) is 1. The molecule has 5 rings (SSSR count). The average Bonchev–Trinajstić information content (AvgIpc) is 3.35. The van der Waals surface area contributed by atoms with Crippen LogP contribution in [0.3, 0.4) is 0 Å². The lowest BCUT2D eigenvalue weighted by Crippen LogP contribution is -2.39. The van der Waals surface area contributed by atoms with Crippen LogP contribution in [0.2, 0.25) is 0 Å². The third kappa shape index (κ3) is 2.97.